The van der Waals surface area contributed by atoms with Gasteiger partial charge in [0.2, 0.25) is 5.75 Å². The minimum Gasteiger partial charge on any atom is -0.493 e. The van der Waals surface area contributed by atoms with Crippen LogP contribution in [0.2, 0.25) is 0 Å². The summed E-state index contributed by atoms with van der Waals surface area (Å²) in [7, 11) is 0. The first-order chi connectivity index (χ1) is 6.90. The Kier molecular flexibility index (Phi) is 1.48. The van der Waals surface area contributed by atoms with Gasteiger partial charge in [0.25, 0.3) is 0 Å². The van der Waals surface area contributed by atoms with Crippen molar-refractivity contribution in [1.82, 2.24) is 0 Å². The third-order valence-electron chi connectivity index (χ3n) is 2.22. The van der Waals surface area contributed by atoms with Gasteiger partial charge in [0.15, 0.2) is 0 Å². The average Bonchev–Trinajstić information content (AvgIpc) is 2.87. The summed E-state index contributed by atoms with van der Waals surface area (Å²) >= 11 is 0. The first-order valence-electron chi connectivity index (χ1n) is 4.76. The predicted octanol–water partition coefficient (Wildman–Crippen LogP) is 3.33. The molecule has 0 unspecified atom stereocenters. The van der Waals surface area contributed by atoms with Gasteiger partial charge in [-0.05, 0) is 18.6 Å². The molecule has 0 aliphatic carbocycles. The highest BCUT2D eigenvalue weighted by Gasteiger charge is 2.32. The van der Waals surface area contributed by atoms with Gasteiger partial charge in [0, 0.05) is 0 Å². The van der Waals surface area contributed by atoms with E-state index in [4.69, 9.17) is 13.9 Å². The molecule has 0 bridgehead atoms. The summed E-state index contributed by atoms with van der Waals surface area (Å²) in [5.74, 6) is 2.33. The molecular formula is C11H10O3. The molecule has 1 aliphatic heterocycles. The lowest BCUT2D eigenvalue weighted by Crippen LogP contribution is -1.94. The summed E-state index contributed by atoms with van der Waals surface area (Å²) in [5, 5.41) is 0.968. The fourth-order valence-corrected chi connectivity index (χ4v) is 1.54. The Morgan fingerprint density at radius 3 is 3.14 bits per heavy atom. The molecule has 72 valence electrons. The molecule has 1 aliphatic rings. The van der Waals surface area contributed by atoms with Gasteiger partial charge in [-0.15, -0.1) is 0 Å². The van der Waals surface area contributed by atoms with E-state index in [2.05, 4.69) is 6.92 Å². The molecule has 1 aromatic heterocycles. The van der Waals surface area contributed by atoms with Crippen LogP contribution in [0, 0.1) is 0 Å². The molecule has 3 nitrogen and oxygen atoms in total. The van der Waals surface area contributed by atoms with Crippen LogP contribution in [-0.2, 0) is 0 Å². The van der Waals surface area contributed by atoms with Crippen LogP contribution >= 0.6 is 0 Å². The molecule has 2 aromatic rings. The SMILES string of the molecule is CCCOc1cccc2oc3c(c12)O3. The van der Waals surface area contributed by atoms with E-state index in [0.29, 0.717) is 5.95 Å². The van der Waals surface area contributed by atoms with Crippen molar-refractivity contribution in [3.05, 3.63) is 18.2 Å². The van der Waals surface area contributed by atoms with Crippen molar-refractivity contribution >= 4 is 11.0 Å². The number of ether oxygens (including phenoxy) is 2. The quantitative estimate of drug-likeness (QED) is 0.594. The second-order valence-electron chi connectivity index (χ2n) is 3.30. The molecule has 1 aromatic carbocycles. The molecule has 0 atom stereocenters. The van der Waals surface area contributed by atoms with Crippen LogP contribution in [0.4, 0.5) is 0 Å². The van der Waals surface area contributed by atoms with E-state index in [0.717, 1.165) is 35.5 Å². The molecule has 0 fully saturated rings. The average molecular weight is 190 g/mol. The van der Waals surface area contributed by atoms with Gasteiger partial charge in [0.05, 0.1) is 6.61 Å². The molecule has 14 heavy (non-hydrogen) atoms. The zero-order chi connectivity index (χ0) is 9.54. The number of fused-ring (bicyclic) bond motifs is 3. The van der Waals surface area contributed by atoms with Crippen LogP contribution in [0.1, 0.15) is 13.3 Å². The molecule has 0 saturated carbocycles. The molecule has 0 radical (unpaired) electrons. The largest absolute Gasteiger partial charge is 0.493 e. The van der Waals surface area contributed by atoms with Crippen LogP contribution in [0.15, 0.2) is 22.6 Å². The molecule has 0 N–H and O–H groups in total. The summed E-state index contributed by atoms with van der Waals surface area (Å²) in [6, 6.07) is 5.79. The Morgan fingerprint density at radius 2 is 2.29 bits per heavy atom. The Bertz CT molecular complexity index is 484. The van der Waals surface area contributed by atoms with Crippen molar-refractivity contribution in [3.8, 4) is 17.4 Å². The van der Waals surface area contributed by atoms with Crippen LogP contribution in [-0.4, -0.2) is 6.61 Å². The van der Waals surface area contributed by atoms with E-state index in [9.17, 15) is 0 Å². The van der Waals surface area contributed by atoms with Gasteiger partial charge < -0.3 is 13.9 Å². The van der Waals surface area contributed by atoms with Crippen LogP contribution in [0.25, 0.3) is 11.0 Å². The number of rotatable bonds is 3. The summed E-state index contributed by atoms with van der Waals surface area (Å²) in [6.07, 6.45) is 0.997. The van der Waals surface area contributed by atoms with E-state index < -0.39 is 0 Å². The van der Waals surface area contributed by atoms with E-state index in [1.54, 1.807) is 0 Å². The van der Waals surface area contributed by atoms with Crippen molar-refractivity contribution in [1.29, 1.82) is 0 Å². The third-order valence-corrected chi connectivity index (χ3v) is 2.22. The van der Waals surface area contributed by atoms with Crippen molar-refractivity contribution in [2.45, 2.75) is 13.3 Å². The van der Waals surface area contributed by atoms with Gasteiger partial charge in [-0.1, -0.05) is 13.0 Å². The van der Waals surface area contributed by atoms with Gasteiger partial charge in [-0.2, -0.15) is 0 Å². The standard InChI is InChI=1S/C11H10O3/c1-2-6-12-7-4-3-5-8-9(7)10-11(13-8)14-10/h3-5H,2,6H2,1H3. The molecule has 0 saturated heterocycles. The second-order valence-corrected chi connectivity index (χ2v) is 3.30. The highest BCUT2D eigenvalue weighted by atomic mass is 16.7. The molecule has 3 heteroatoms. The van der Waals surface area contributed by atoms with Crippen LogP contribution in [0.5, 0.6) is 17.4 Å². The van der Waals surface area contributed by atoms with E-state index in [-0.39, 0.29) is 0 Å². The summed E-state index contributed by atoms with van der Waals surface area (Å²) in [4.78, 5) is 0. The van der Waals surface area contributed by atoms with Crippen molar-refractivity contribution in [3.63, 3.8) is 0 Å². The highest BCUT2D eigenvalue weighted by molar-refractivity contribution is 5.96. The lowest BCUT2D eigenvalue weighted by molar-refractivity contribution is 0.320. The second kappa shape index (κ2) is 2.67. The summed E-state index contributed by atoms with van der Waals surface area (Å²) in [5.41, 5.74) is 0.842. The zero-order valence-electron chi connectivity index (χ0n) is 7.87. The minimum atomic E-state index is 0.632. The lowest BCUT2D eigenvalue weighted by atomic mass is 10.2. The first-order valence-corrected chi connectivity index (χ1v) is 4.76. The fraction of sp³-hybridized carbons (Fsp3) is 0.273. The molecular weight excluding hydrogens is 180 g/mol. The Labute approximate surface area is 81.2 Å². The summed E-state index contributed by atoms with van der Waals surface area (Å²) < 4.78 is 16.1. The summed E-state index contributed by atoms with van der Waals surface area (Å²) in [6.45, 7) is 2.80. The van der Waals surface area contributed by atoms with Crippen LogP contribution < -0.4 is 9.47 Å². The molecule has 0 amide bonds. The Hall–Kier alpha value is -1.64. The molecule has 3 rings (SSSR count). The minimum absolute atomic E-state index is 0.632. The fourth-order valence-electron chi connectivity index (χ4n) is 1.54. The third kappa shape index (κ3) is 0.985. The molecule has 0 spiro atoms. The van der Waals surface area contributed by atoms with E-state index >= 15 is 0 Å². The maximum absolute atomic E-state index is 5.60. The smallest absolute Gasteiger partial charge is 0.336 e. The zero-order valence-corrected chi connectivity index (χ0v) is 7.87. The van der Waals surface area contributed by atoms with Crippen molar-refractivity contribution < 1.29 is 13.9 Å². The maximum Gasteiger partial charge on any atom is 0.336 e. The van der Waals surface area contributed by atoms with Gasteiger partial charge in [-0.25, -0.2) is 0 Å². The van der Waals surface area contributed by atoms with E-state index in [1.165, 1.54) is 0 Å². The van der Waals surface area contributed by atoms with Crippen molar-refractivity contribution in [2.75, 3.05) is 6.61 Å². The monoisotopic (exact) mass is 190 g/mol. The lowest BCUT2D eigenvalue weighted by Gasteiger charge is -2.04. The Morgan fingerprint density at radius 1 is 1.36 bits per heavy atom. The predicted molar refractivity (Wildman–Crippen MR) is 52.1 cm³/mol. The van der Waals surface area contributed by atoms with Gasteiger partial charge >= 0.3 is 5.95 Å². The first kappa shape index (κ1) is 7.74. The normalized spacial score (nSPS) is 12.4. The van der Waals surface area contributed by atoms with Crippen LogP contribution in [0.3, 0.4) is 0 Å². The number of furan rings is 1. The van der Waals surface area contributed by atoms with Gasteiger partial charge in [0.1, 0.15) is 16.7 Å². The molecule has 2 heterocycles. The maximum atomic E-state index is 5.60. The van der Waals surface area contributed by atoms with Gasteiger partial charge in [-0.3, -0.25) is 0 Å². The van der Waals surface area contributed by atoms with Crippen molar-refractivity contribution in [2.24, 2.45) is 0 Å². The topological polar surface area (TPSA) is 34.9 Å². The number of hydrogen-bond acceptors (Lipinski definition) is 3. The number of hydrogen-bond donors (Lipinski definition) is 0. The van der Waals surface area contributed by atoms with E-state index in [1.807, 2.05) is 18.2 Å². The Balaban J connectivity index is 2.09. The highest BCUT2D eigenvalue weighted by Crippen LogP contribution is 2.56. The number of benzene rings is 1.